The third-order valence-electron chi connectivity index (χ3n) is 2.75. The van der Waals surface area contributed by atoms with Gasteiger partial charge in [0, 0.05) is 9.52 Å². The average Bonchev–Trinajstić information content (AvgIpc) is 2.22. The smallest absolute Gasteiger partial charge is 0.0413 e. The molecule has 82 valence electrons. The van der Waals surface area contributed by atoms with Gasteiger partial charge >= 0.3 is 0 Å². The highest BCUT2D eigenvalue weighted by Crippen LogP contribution is 2.16. The van der Waals surface area contributed by atoms with Crippen LogP contribution in [0.5, 0.6) is 0 Å². The van der Waals surface area contributed by atoms with Gasteiger partial charge in [0.2, 0.25) is 0 Å². The lowest BCUT2D eigenvalue weighted by Crippen LogP contribution is -2.00. The monoisotopic (exact) mass is 210 g/mol. The standard InChI is InChI=1S/C13H26Si/c1-4-7-8-9-10-11-12-14-13(5-2)6-3/h4,13H,1,5-12H2,2-3H3. The molecule has 0 atom stereocenters. The zero-order chi connectivity index (χ0) is 10.6. The van der Waals surface area contributed by atoms with Crippen molar-refractivity contribution in [1.82, 2.24) is 0 Å². The van der Waals surface area contributed by atoms with Crippen LogP contribution >= 0.6 is 0 Å². The van der Waals surface area contributed by atoms with Crippen molar-refractivity contribution >= 4 is 9.52 Å². The SMILES string of the molecule is C=CCCCCCC[Si]C(CC)CC. The summed E-state index contributed by atoms with van der Waals surface area (Å²) in [6.45, 7) is 8.39. The van der Waals surface area contributed by atoms with E-state index in [1.54, 1.807) is 0 Å². The van der Waals surface area contributed by atoms with Crippen molar-refractivity contribution in [3.63, 3.8) is 0 Å². The number of rotatable bonds is 10. The van der Waals surface area contributed by atoms with Gasteiger partial charge in [-0.25, -0.2) is 0 Å². The van der Waals surface area contributed by atoms with E-state index in [9.17, 15) is 0 Å². The first-order valence-electron chi connectivity index (χ1n) is 6.19. The van der Waals surface area contributed by atoms with E-state index < -0.39 is 0 Å². The Kier molecular flexibility index (Phi) is 11.0. The normalized spacial score (nSPS) is 10.8. The fourth-order valence-electron chi connectivity index (χ4n) is 1.65. The number of hydrogen-bond acceptors (Lipinski definition) is 0. The Labute approximate surface area is 93.0 Å². The molecule has 0 spiro atoms. The summed E-state index contributed by atoms with van der Waals surface area (Å²) in [5, 5.41) is 0. The second-order valence-electron chi connectivity index (χ2n) is 3.96. The molecular formula is C13H26Si. The van der Waals surface area contributed by atoms with Gasteiger partial charge in [-0.1, -0.05) is 58.1 Å². The van der Waals surface area contributed by atoms with E-state index in [1.165, 1.54) is 60.5 Å². The van der Waals surface area contributed by atoms with Crippen LogP contribution in [0.15, 0.2) is 12.7 Å². The Morgan fingerprint density at radius 2 is 1.71 bits per heavy atom. The molecule has 0 aliphatic carbocycles. The predicted octanol–water partition coefficient (Wildman–Crippen LogP) is 4.85. The molecule has 0 aliphatic rings. The second kappa shape index (κ2) is 11.0. The number of unbranched alkanes of at least 4 members (excludes halogenated alkanes) is 4. The molecule has 0 aromatic heterocycles. The Hall–Kier alpha value is -0.0431. The predicted molar refractivity (Wildman–Crippen MR) is 68.2 cm³/mol. The Morgan fingerprint density at radius 3 is 2.29 bits per heavy atom. The maximum absolute atomic E-state index is 3.74. The van der Waals surface area contributed by atoms with E-state index in [4.69, 9.17) is 0 Å². The molecule has 0 heterocycles. The third-order valence-corrected chi connectivity index (χ3v) is 4.79. The molecule has 1 heteroatoms. The summed E-state index contributed by atoms with van der Waals surface area (Å²) >= 11 is 0. The molecule has 0 aromatic carbocycles. The fraction of sp³-hybridized carbons (Fsp3) is 0.846. The van der Waals surface area contributed by atoms with E-state index in [1.807, 2.05) is 6.08 Å². The summed E-state index contributed by atoms with van der Waals surface area (Å²) in [6, 6.07) is 1.47. The summed E-state index contributed by atoms with van der Waals surface area (Å²) in [4.78, 5) is 0. The Morgan fingerprint density at radius 1 is 1.07 bits per heavy atom. The van der Waals surface area contributed by atoms with E-state index in [2.05, 4.69) is 20.4 Å². The van der Waals surface area contributed by atoms with E-state index in [0.717, 1.165) is 5.54 Å². The highest BCUT2D eigenvalue weighted by molar-refractivity contribution is 6.37. The lowest BCUT2D eigenvalue weighted by molar-refractivity contribution is 0.668. The third kappa shape index (κ3) is 8.55. The topological polar surface area (TPSA) is 0 Å². The summed E-state index contributed by atoms with van der Waals surface area (Å²) in [5.41, 5.74) is 1.02. The summed E-state index contributed by atoms with van der Waals surface area (Å²) in [6.07, 6.45) is 11.6. The van der Waals surface area contributed by atoms with Crippen molar-refractivity contribution in [2.24, 2.45) is 0 Å². The second-order valence-corrected chi connectivity index (χ2v) is 5.68. The van der Waals surface area contributed by atoms with E-state index in [0.29, 0.717) is 0 Å². The van der Waals surface area contributed by atoms with Crippen LogP contribution in [0.2, 0.25) is 11.6 Å². The van der Waals surface area contributed by atoms with Gasteiger partial charge in [-0.15, -0.1) is 6.58 Å². The average molecular weight is 210 g/mol. The minimum Gasteiger partial charge on any atom is -0.103 e. The van der Waals surface area contributed by atoms with Crippen LogP contribution < -0.4 is 0 Å². The van der Waals surface area contributed by atoms with Crippen LogP contribution in [0.4, 0.5) is 0 Å². The van der Waals surface area contributed by atoms with Gasteiger partial charge < -0.3 is 0 Å². The van der Waals surface area contributed by atoms with E-state index >= 15 is 0 Å². The molecule has 0 fully saturated rings. The fourth-order valence-corrected chi connectivity index (χ4v) is 3.09. The van der Waals surface area contributed by atoms with Gasteiger partial charge in [0.1, 0.15) is 0 Å². The molecule has 0 aliphatic heterocycles. The lowest BCUT2D eigenvalue weighted by Gasteiger charge is -2.09. The van der Waals surface area contributed by atoms with Crippen LogP contribution in [0.1, 0.15) is 58.8 Å². The van der Waals surface area contributed by atoms with Crippen LogP contribution in [-0.2, 0) is 0 Å². The molecule has 0 nitrogen and oxygen atoms in total. The first-order chi connectivity index (χ1) is 6.85. The molecule has 0 saturated carbocycles. The van der Waals surface area contributed by atoms with Crippen molar-refractivity contribution in [1.29, 1.82) is 0 Å². The van der Waals surface area contributed by atoms with Crippen molar-refractivity contribution in [2.75, 3.05) is 0 Å². The first kappa shape index (κ1) is 14.0. The summed E-state index contributed by atoms with van der Waals surface area (Å²) in [5.74, 6) is 0. The molecule has 2 radical (unpaired) electrons. The summed E-state index contributed by atoms with van der Waals surface area (Å²) in [7, 11) is 1.22. The van der Waals surface area contributed by atoms with Crippen LogP contribution in [0.3, 0.4) is 0 Å². The van der Waals surface area contributed by atoms with Crippen LogP contribution in [0, 0.1) is 0 Å². The van der Waals surface area contributed by atoms with Gasteiger partial charge in [-0.05, 0) is 18.4 Å². The number of allylic oxidation sites excluding steroid dienone is 1. The zero-order valence-corrected chi connectivity index (χ0v) is 11.0. The number of hydrogen-bond donors (Lipinski definition) is 0. The van der Waals surface area contributed by atoms with Gasteiger partial charge in [0.15, 0.2) is 0 Å². The minimum absolute atomic E-state index is 1.02. The lowest BCUT2D eigenvalue weighted by atomic mass is 10.1. The zero-order valence-electron chi connectivity index (χ0n) is 10.0. The quantitative estimate of drug-likeness (QED) is 0.274. The molecule has 0 rings (SSSR count). The molecule has 14 heavy (non-hydrogen) atoms. The van der Waals surface area contributed by atoms with Crippen molar-refractivity contribution < 1.29 is 0 Å². The van der Waals surface area contributed by atoms with Gasteiger partial charge in [0.25, 0.3) is 0 Å². The highest BCUT2D eigenvalue weighted by Gasteiger charge is 2.03. The van der Waals surface area contributed by atoms with Gasteiger partial charge in [-0.3, -0.25) is 0 Å². The minimum atomic E-state index is 1.02. The molecule has 0 unspecified atom stereocenters. The summed E-state index contributed by atoms with van der Waals surface area (Å²) < 4.78 is 0. The van der Waals surface area contributed by atoms with E-state index in [-0.39, 0.29) is 0 Å². The van der Waals surface area contributed by atoms with Crippen LogP contribution in [0.25, 0.3) is 0 Å². The largest absolute Gasteiger partial charge is 0.103 e. The van der Waals surface area contributed by atoms with Crippen molar-refractivity contribution in [3.8, 4) is 0 Å². The molecule has 0 bridgehead atoms. The van der Waals surface area contributed by atoms with Crippen molar-refractivity contribution in [3.05, 3.63) is 12.7 Å². The molecular weight excluding hydrogens is 184 g/mol. The van der Waals surface area contributed by atoms with Crippen LogP contribution in [-0.4, -0.2) is 9.52 Å². The molecule has 0 N–H and O–H groups in total. The van der Waals surface area contributed by atoms with Crippen molar-refractivity contribution in [2.45, 2.75) is 70.4 Å². The molecule has 0 saturated heterocycles. The van der Waals surface area contributed by atoms with Gasteiger partial charge in [0.05, 0.1) is 0 Å². The Balaban J connectivity index is 3.08. The molecule has 0 aromatic rings. The maximum atomic E-state index is 3.74. The Bertz CT molecular complexity index is 116. The maximum Gasteiger partial charge on any atom is 0.0413 e. The highest BCUT2D eigenvalue weighted by atomic mass is 28.2. The molecule has 0 amide bonds. The van der Waals surface area contributed by atoms with Gasteiger partial charge in [-0.2, -0.15) is 0 Å². The first-order valence-corrected chi connectivity index (χ1v) is 7.47.